The lowest BCUT2D eigenvalue weighted by Gasteiger charge is -2.20. The molecule has 50 heavy (non-hydrogen) atoms. The number of hydrogen-bond donors (Lipinski definition) is 0. The van der Waals surface area contributed by atoms with Crippen LogP contribution < -0.4 is 19.3 Å². The fraction of sp³-hybridized carbons (Fsp3) is 0.250. The number of alkyl halides is 2. The first kappa shape index (κ1) is 33.6. The van der Waals surface area contributed by atoms with Crippen LogP contribution in [0, 0.1) is 0 Å². The van der Waals surface area contributed by atoms with E-state index in [4.69, 9.17) is 32.7 Å². The van der Waals surface area contributed by atoms with Gasteiger partial charge < -0.3 is 19.3 Å². The highest BCUT2D eigenvalue weighted by Gasteiger charge is 2.36. The minimum atomic E-state index is -0.444. The Morgan fingerprint density at radius 1 is 0.600 bits per heavy atom. The molecule has 0 bridgehead atoms. The largest absolute Gasteiger partial charge is 0.426 e. The second kappa shape index (κ2) is 13.8. The van der Waals surface area contributed by atoms with Gasteiger partial charge in [-0.25, -0.2) is 0 Å². The Labute approximate surface area is 299 Å². The molecule has 2 amide bonds. The van der Waals surface area contributed by atoms with Gasteiger partial charge in [0.2, 0.25) is 11.8 Å². The minimum absolute atomic E-state index is 0.0884. The number of nitrogens with zero attached hydrogens (tertiary/aromatic N) is 2. The van der Waals surface area contributed by atoms with E-state index in [-0.39, 0.29) is 36.5 Å². The number of ether oxygens (including phenoxy) is 2. The SMILES string of the molecule is CC(=O)Oc1cc2c(c3ccccc13)C(CCl)CN2C(=O)Cc1cccc(CC(=O)N2C[C@@H](CCl)c3c2cc(OC(C)=O)c2ccccc32)c1. The number of esters is 2. The van der Waals surface area contributed by atoms with E-state index in [1.165, 1.54) is 13.8 Å². The number of hydrogen-bond acceptors (Lipinski definition) is 6. The molecule has 0 spiro atoms. The van der Waals surface area contributed by atoms with Crippen LogP contribution in [0.1, 0.15) is 47.9 Å². The van der Waals surface area contributed by atoms with Crippen molar-refractivity contribution < 1.29 is 28.7 Å². The molecular weight excluding hydrogens is 675 g/mol. The molecule has 0 aromatic heterocycles. The molecule has 2 atom stereocenters. The summed E-state index contributed by atoms with van der Waals surface area (Å²) < 4.78 is 11.1. The Bertz CT molecular complexity index is 2050. The van der Waals surface area contributed by atoms with E-state index < -0.39 is 11.9 Å². The summed E-state index contributed by atoms with van der Waals surface area (Å²) in [6.07, 6.45) is 0.204. The number of halogens is 2. The maximum absolute atomic E-state index is 13.9. The standard InChI is InChI=1S/C40H34Cl2N2O6/c1-23(45)49-35-17-33-39(31-12-5-3-10-29(31)35)27(19-41)21-43(33)37(47)15-25-8-7-9-26(14-25)16-38(48)44-22-28(20-42)40-32-13-6-4-11-30(32)36(18-34(40)44)50-24(2)46/h3-14,17-18,27-28H,15-16,19-22H2,1-2H3/t27-,28?/m1/s1. The summed E-state index contributed by atoms with van der Waals surface area (Å²) in [7, 11) is 0. The molecule has 0 fully saturated rings. The number of amides is 2. The molecule has 0 N–H and O–H groups in total. The molecular formula is C40H34Cl2N2O6. The second-order valence-corrected chi connectivity index (χ2v) is 13.4. The average Bonchev–Trinajstić information content (AvgIpc) is 3.67. The third-order valence-corrected chi connectivity index (χ3v) is 10.2. The quantitative estimate of drug-likeness (QED) is 0.0934. The second-order valence-electron chi connectivity index (χ2n) is 12.8. The first-order valence-corrected chi connectivity index (χ1v) is 17.5. The van der Waals surface area contributed by atoms with Crippen LogP contribution in [0.15, 0.2) is 84.9 Å². The number of anilines is 2. The van der Waals surface area contributed by atoms with Gasteiger partial charge in [-0.2, -0.15) is 0 Å². The van der Waals surface area contributed by atoms with E-state index in [0.717, 1.165) is 43.8 Å². The van der Waals surface area contributed by atoms with Crippen molar-refractivity contribution >= 4 is 79.9 Å². The highest BCUT2D eigenvalue weighted by Crippen LogP contribution is 2.47. The Kier molecular flexibility index (Phi) is 9.24. The number of carbonyl (C=O) groups is 4. The molecule has 10 heteroatoms. The summed E-state index contributed by atoms with van der Waals surface area (Å²) in [5.74, 6) is 0.122. The maximum Gasteiger partial charge on any atom is 0.308 e. The lowest BCUT2D eigenvalue weighted by molar-refractivity contribution is -0.132. The predicted octanol–water partition coefficient (Wildman–Crippen LogP) is 7.67. The van der Waals surface area contributed by atoms with Crippen molar-refractivity contribution in [1.29, 1.82) is 0 Å². The third kappa shape index (κ3) is 6.18. The topological polar surface area (TPSA) is 93.2 Å². The molecule has 5 aromatic rings. The maximum atomic E-state index is 13.9. The fourth-order valence-electron chi connectivity index (χ4n) is 7.42. The van der Waals surface area contributed by atoms with Crippen LogP contribution in [0.3, 0.4) is 0 Å². The van der Waals surface area contributed by atoms with Gasteiger partial charge in [-0.05, 0) is 33.0 Å². The van der Waals surface area contributed by atoms with Gasteiger partial charge in [0.05, 0.1) is 24.2 Å². The zero-order valence-corrected chi connectivity index (χ0v) is 29.1. The monoisotopic (exact) mass is 708 g/mol. The Balaban J connectivity index is 1.14. The normalized spacial score (nSPS) is 16.4. The number of carbonyl (C=O) groups excluding carboxylic acids is 4. The molecule has 0 radical (unpaired) electrons. The molecule has 8 nitrogen and oxygen atoms in total. The van der Waals surface area contributed by atoms with Crippen LogP contribution in [0.4, 0.5) is 11.4 Å². The molecule has 2 aliphatic rings. The van der Waals surface area contributed by atoms with Crippen LogP contribution >= 0.6 is 23.2 Å². The fourth-order valence-corrected chi connectivity index (χ4v) is 7.92. The average molecular weight is 710 g/mol. The molecule has 5 aromatic carbocycles. The van der Waals surface area contributed by atoms with Crippen molar-refractivity contribution in [2.75, 3.05) is 34.6 Å². The van der Waals surface area contributed by atoms with Crippen molar-refractivity contribution in [1.82, 2.24) is 0 Å². The van der Waals surface area contributed by atoms with Gasteiger partial charge in [0.25, 0.3) is 0 Å². The Hall–Kier alpha value is -4.92. The molecule has 0 saturated carbocycles. The lowest BCUT2D eigenvalue weighted by atomic mass is 9.95. The van der Waals surface area contributed by atoms with Gasteiger partial charge in [0, 0.05) is 73.4 Å². The number of benzene rings is 5. The van der Waals surface area contributed by atoms with E-state index in [1.807, 2.05) is 72.8 Å². The summed E-state index contributed by atoms with van der Waals surface area (Å²) >= 11 is 12.9. The summed E-state index contributed by atoms with van der Waals surface area (Å²) in [5, 5.41) is 3.38. The van der Waals surface area contributed by atoms with Gasteiger partial charge in [-0.3, -0.25) is 19.2 Å². The van der Waals surface area contributed by atoms with Crippen molar-refractivity contribution in [3.8, 4) is 11.5 Å². The van der Waals surface area contributed by atoms with E-state index in [1.54, 1.807) is 21.9 Å². The van der Waals surface area contributed by atoms with Crippen LogP contribution in [0.5, 0.6) is 11.5 Å². The number of fused-ring (bicyclic) bond motifs is 6. The van der Waals surface area contributed by atoms with Gasteiger partial charge in [-0.15, -0.1) is 23.2 Å². The van der Waals surface area contributed by atoms with Gasteiger partial charge >= 0.3 is 11.9 Å². The Morgan fingerprint density at radius 2 is 1.00 bits per heavy atom. The molecule has 2 heterocycles. The molecule has 2 aliphatic heterocycles. The van der Waals surface area contributed by atoms with Crippen LogP contribution in [-0.2, 0) is 32.0 Å². The molecule has 254 valence electrons. The van der Waals surface area contributed by atoms with Crippen LogP contribution in [0.25, 0.3) is 21.5 Å². The highest BCUT2D eigenvalue weighted by molar-refractivity contribution is 6.19. The van der Waals surface area contributed by atoms with E-state index >= 15 is 0 Å². The van der Waals surface area contributed by atoms with Gasteiger partial charge in [0.1, 0.15) is 11.5 Å². The minimum Gasteiger partial charge on any atom is -0.426 e. The van der Waals surface area contributed by atoms with Crippen LogP contribution in [-0.4, -0.2) is 48.6 Å². The van der Waals surface area contributed by atoms with Gasteiger partial charge in [0.15, 0.2) is 0 Å². The lowest BCUT2D eigenvalue weighted by Crippen LogP contribution is -2.32. The molecule has 7 rings (SSSR count). The summed E-state index contributed by atoms with van der Waals surface area (Å²) in [4.78, 5) is 55.2. The third-order valence-electron chi connectivity index (χ3n) is 9.44. The van der Waals surface area contributed by atoms with E-state index in [9.17, 15) is 19.2 Å². The smallest absolute Gasteiger partial charge is 0.308 e. The van der Waals surface area contributed by atoms with E-state index in [0.29, 0.717) is 47.7 Å². The Morgan fingerprint density at radius 3 is 1.38 bits per heavy atom. The van der Waals surface area contributed by atoms with Crippen LogP contribution in [0.2, 0.25) is 0 Å². The molecule has 0 saturated heterocycles. The summed E-state index contributed by atoms with van der Waals surface area (Å²) in [6, 6.07) is 26.3. The first-order valence-electron chi connectivity index (χ1n) is 16.4. The van der Waals surface area contributed by atoms with Crippen molar-refractivity contribution in [2.24, 2.45) is 0 Å². The zero-order chi connectivity index (χ0) is 35.1. The van der Waals surface area contributed by atoms with Gasteiger partial charge in [-0.1, -0.05) is 72.8 Å². The van der Waals surface area contributed by atoms with E-state index in [2.05, 4.69) is 0 Å². The summed E-state index contributed by atoms with van der Waals surface area (Å²) in [6.45, 7) is 3.52. The highest BCUT2D eigenvalue weighted by atomic mass is 35.5. The molecule has 1 unspecified atom stereocenters. The predicted molar refractivity (Wildman–Crippen MR) is 196 cm³/mol. The number of rotatable bonds is 8. The van der Waals surface area contributed by atoms with Crippen molar-refractivity contribution in [3.05, 3.63) is 107 Å². The zero-order valence-electron chi connectivity index (χ0n) is 27.6. The first-order chi connectivity index (χ1) is 24.2. The molecule has 0 aliphatic carbocycles. The van der Waals surface area contributed by atoms with Crippen molar-refractivity contribution in [2.45, 2.75) is 38.5 Å². The summed E-state index contributed by atoms with van der Waals surface area (Å²) in [5.41, 5.74) is 4.82. The van der Waals surface area contributed by atoms with Crippen molar-refractivity contribution in [3.63, 3.8) is 0 Å².